The fourth-order valence-corrected chi connectivity index (χ4v) is 4.18. The zero-order chi connectivity index (χ0) is 18.5. The number of aromatic nitrogens is 1. The highest BCUT2D eigenvalue weighted by molar-refractivity contribution is 7.15. The molecule has 1 aromatic carbocycles. The second kappa shape index (κ2) is 8.45. The Kier molecular flexibility index (Phi) is 6.04. The largest absolute Gasteiger partial charge is 0.326 e. The Morgan fingerprint density at radius 3 is 2.46 bits per heavy atom. The van der Waals surface area contributed by atoms with Crippen LogP contribution in [0.4, 0.5) is 5.13 Å². The summed E-state index contributed by atoms with van der Waals surface area (Å²) in [5, 5.41) is 3.45. The summed E-state index contributed by atoms with van der Waals surface area (Å²) in [6.45, 7) is 3.97. The number of thiazole rings is 1. The number of nitrogens with zero attached hydrogens (tertiary/aromatic N) is 2. The highest BCUT2D eigenvalue weighted by Crippen LogP contribution is 2.25. The van der Waals surface area contributed by atoms with E-state index in [4.69, 9.17) is 0 Å². The van der Waals surface area contributed by atoms with Gasteiger partial charge in [0.15, 0.2) is 5.13 Å². The zero-order valence-electron chi connectivity index (χ0n) is 15.3. The number of hydrogen-bond donors (Lipinski definition) is 1. The fraction of sp³-hybridized carbons (Fsp3) is 0.450. The Bertz CT molecular complexity index is 747. The summed E-state index contributed by atoms with van der Waals surface area (Å²) in [7, 11) is 0. The molecule has 1 aliphatic carbocycles. The average Bonchev–Trinajstić information content (AvgIpc) is 2.97. The minimum atomic E-state index is -0.186. The Hall–Kier alpha value is -2.21. The maximum absolute atomic E-state index is 13.0. The molecule has 1 N–H and O–H groups in total. The number of carbonyl (C=O) groups is 2. The number of amides is 2. The highest BCUT2D eigenvalue weighted by Gasteiger charge is 2.28. The van der Waals surface area contributed by atoms with Crippen LogP contribution in [-0.2, 0) is 4.79 Å². The van der Waals surface area contributed by atoms with Gasteiger partial charge in [0.05, 0.1) is 5.69 Å². The molecule has 1 heterocycles. The molecule has 0 radical (unpaired) electrons. The summed E-state index contributed by atoms with van der Waals surface area (Å²) >= 11 is 1.46. The molecule has 0 unspecified atom stereocenters. The van der Waals surface area contributed by atoms with E-state index in [1.54, 1.807) is 4.90 Å². The van der Waals surface area contributed by atoms with Crippen LogP contribution in [-0.4, -0.2) is 34.3 Å². The molecule has 26 heavy (non-hydrogen) atoms. The van der Waals surface area contributed by atoms with Gasteiger partial charge in [0.1, 0.15) is 6.54 Å². The number of aryl methyl sites for hydroxylation is 2. The van der Waals surface area contributed by atoms with Crippen molar-refractivity contribution in [3.8, 4) is 0 Å². The van der Waals surface area contributed by atoms with Crippen LogP contribution in [0.2, 0.25) is 0 Å². The first kappa shape index (κ1) is 18.6. The maximum atomic E-state index is 13.0. The van der Waals surface area contributed by atoms with Gasteiger partial charge in [-0.05, 0) is 38.8 Å². The molecule has 0 aliphatic heterocycles. The Morgan fingerprint density at radius 1 is 1.15 bits per heavy atom. The fourth-order valence-electron chi connectivity index (χ4n) is 3.35. The van der Waals surface area contributed by atoms with Crippen LogP contribution in [0, 0.1) is 13.8 Å². The second-order valence-corrected chi connectivity index (χ2v) is 8.00. The molecule has 3 rings (SSSR count). The molecule has 0 atom stereocenters. The quantitative estimate of drug-likeness (QED) is 0.858. The van der Waals surface area contributed by atoms with Crippen molar-refractivity contribution in [3.05, 3.63) is 46.5 Å². The van der Waals surface area contributed by atoms with Crippen molar-refractivity contribution in [2.24, 2.45) is 0 Å². The lowest BCUT2D eigenvalue weighted by molar-refractivity contribution is -0.117. The lowest BCUT2D eigenvalue weighted by atomic mass is 9.93. The number of benzene rings is 1. The van der Waals surface area contributed by atoms with E-state index in [0.717, 1.165) is 36.3 Å². The van der Waals surface area contributed by atoms with Crippen molar-refractivity contribution in [1.29, 1.82) is 0 Å². The first-order valence-electron chi connectivity index (χ1n) is 9.14. The molecular weight excluding hydrogens is 346 g/mol. The van der Waals surface area contributed by atoms with Gasteiger partial charge in [0.25, 0.3) is 5.91 Å². The molecule has 2 aromatic rings. The van der Waals surface area contributed by atoms with E-state index in [2.05, 4.69) is 10.3 Å². The summed E-state index contributed by atoms with van der Waals surface area (Å²) in [6.07, 6.45) is 5.34. The number of anilines is 1. The first-order chi connectivity index (χ1) is 12.5. The van der Waals surface area contributed by atoms with E-state index in [9.17, 15) is 9.59 Å². The van der Waals surface area contributed by atoms with Gasteiger partial charge in [-0.25, -0.2) is 4.98 Å². The van der Waals surface area contributed by atoms with E-state index in [1.807, 2.05) is 44.2 Å². The van der Waals surface area contributed by atoms with Crippen molar-refractivity contribution in [1.82, 2.24) is 9.88 Å². The summed E-state index contributed by atoms with van der Waals surface area (Å²) in [5.74, 6) is -0.257. The maximum Gasteiger partial charge on any atom is 0.254 e. The number of nitrogens with one attached hydrogen (secondary N) is 1. The Morgan fingerprint density at radius 2 is 1.85 bits per heavy atom. The molecule has 1 aromatic heterocycles. The predicted octanol–water partition coefficient (Wildman–Crippen LogP) is 4.17. The molecule has 0 bridgehead atoms. The monoisotopic (exact) mass is 371 g/mol. The van der Waals surface area contributed by atoms with Gasteiger partial charge in [-0.2, -0.15) is 0 Å². The van der Waals surface area contributed by atoms with Gasteiger partial charge in [-0.1, -0.05) is 37.5 Å². The molecule has 1 fully saturated rings. The van der Waals surface area contributed by atoms with Crippen LogP contribution in [0.15, 0.2) is 30.3 Å². The normalized spacial score (nSPS) is 14.8. The van der Waals surface area contributed by atoms with Gasteiger partial charge in [-0.3, -0.25) is 9.59 Å². The molecule has 138 valence electrons. The van der Waals surface area contributed by atoms with Gasteiger partial charge >= 0.3 is 0 Å². The van der Waals surface area contributed by atoms with Gasteiger partial charge in [-0.15, -0.1) is 11.3 Å². The number of hydrogen-bond acceptors (Lipinski definition) is 4. The third-order valence-electron chi connectivity index (χ3n) is 4.89. The Balaban J connectivity index is 1.74. The summed E-state index contributed by atoms with van der Waals surface area (Å²) in [5.41, 5.74) is 1.56. The molecule has 0 saturated heterocycles. The second-order valence-electron chi connectivity index (χ2n) is 6.80. The molecule has 5 nitrogen and oxygen atoms in total. The lowest BCUT2D eigenvalue weighted by Crippen LogP contribution is -2.45. The van der Waals surface area contributed by atoms with Crippen molar-refractivity contribution in [2.75, 3.05) is 11.9 Å². The molecule has 1 aliphatic rings. The molecular formula is C20H25N3O2S. The van der Waals surface area contributed by atoms with Crippen LogP contribution in [0.5, 0.6) is 0 Å². The molecule has 0 spiro atoms. The minimum Gasteiger partial charge on any atom is -0.326 e. The zero-order valence-corrected chi connectivity index (χ0v) is 16.1. The van der Waals surface area contributed by atoms with Crippen LogP contribution < -0.4 is 5.32 Å². The Labute approximate surface area is 158 Å². The van der Waals surface area contributed by atoms with Crippen LogP contribution in [0.25, 0.3) is 0 Å². The van der Waals surface area contributed by atoms with Gasteiger partial charge < -0.3 is 10.2 Å². The van der Waals surface area contributed by atoms with Crippen LogP contribution in [0.3, 0.4) is 0 Å². The van der Waals surface area contributed by atoms with E-state index in [-0.39, 0.29) is 24.4 Å². The van der Waals surface area contributed by atoms with E-state index >= 15 is 0 Å². The van der Waals surface area contributed by atoms with E-state index in [0.29, 0.717) is 10.7 Å². The van der Waals surface area contributed by atoms with Crippen molar-refractivity contribution < 1.29 is 9.59 Å². The summed E-state index contributed by atoms with van der Waals surface area (Å²) in [4.78, 5) is 32.8. The highest BCUT2D eigenvalue weighted by atomic mass is 32.1. The third kappa shape index (κ3) is 4.49. The molecule has 1 saturated carbocycles. The lowest BCUT2D eigenvalue weighted by Gasteiger charge is -2.34. The smallest absolute Gasteiger partial charge is 0.254 e. The average molecular weight is 372 g/mol. The topological polar surface area (TPSA) is 62.3 Å². The van der Waals surface area contributed by atoms with Gasteiger partial charge in [0, 0.05) is 16.5 Å². The third-order valence-corrected chi connectivity index (χ3v) is 5.87. The van der Waals surface area contributed by atoms with E-state index in [1.165, 1.54) is 17.8 Å². The van der Waals surface area contributed by atoms with Crippen LogP contribution >= 0.6 is 11.3 Å². The van der Waals surface area contributed by atoms with Crippen molar-refractivity contribution in [3.63, 3.8) is 0 Å². The standard InChI is InChI=1S/C20H25N3O2S/c1-14-15(2)26-20(21-14)22-18(24)13-23(17-11-7-4-8-12-17)19(25)16-9-5-3-6-10-16/h3,5-6,9-10,17H,4,7-8,11-13H2,1-2H3,(H,21,22,24). The number of carbonyl (C=O) groups excluding carboxylic acids is 2. The number of rotatable bonds is 5. The van der Waals surface area contributed by atoms with Crippen molar-refractivity contribution >= 4 is 28.3 Å². The molecule has 6 heteroatoms. The SMILES string of the molecule is Cc1nc(NC(=O)CN(C(=O)c2ccccc2)C2CCCCC2)sc1C. The summed E-state index contributed by atoms with van der Waals surface area (Å²) in [6, 6.07) is 9.34. The van der Waals surface area contributed by atoms with Crippen LogP contribution in [0.1, 0.15) is 53.0 Å². The van der Waals surface area contributed by atoms with E-state index < -0.39 is 0 Å². The minimum absolute atomic E-state index is 0.0655. The van der Waals surface area contributed by atoms with Crippen molar-refractivity contribution in [2.45, 2.75) is 52.0 Å². The van der Waals surface area contributed by atoms with Gasteiger partial charge in [0.2, 0.25) is 5.91 Å². The predicted molar refractivity (Wildman–Crippen MR) is 105 cm³/mol. The first-order valence-corrected chi connectivity index (χ1v) is 9.96. The molecule has 2 amide bonds. The summed E-state index contributed by atoms with van der Waals surface area (Å²) < 4.78 is 0.